The highest BCUT2D eigenvalue weighted by Crippen LogP contribution is 2.23. The lowest BCUT2D eigenvalue weighted by atomic mass is 10.1. The molecule has 3 rings (SSSR count). The van der Waals surface area contributed by atoms with Crippen molar-refractivity contribution in [3.63, 3.8) is 0 Å². The molecule has 0 radical (unpaired) electrons. The first-order valence-electron chi connectivity index (χ1n) is 10.3. The number of carbonyl (C=O) groups excluding carboxylic acids is 1. The van der Waals surface area contributed by atoms with E-state index >= 15 is 0 Å². The van der Waals surface area contributed by atoms with Gasteiger partial charge in [0.1, 0.15) is 11.6 Å². The molecule has 0 atom stereocenters. The third-order valence-electron chi connectivity index (χ3n) is 5.23. The van der Waals surface area contributed by atoms with Gasteiger partial charge in [0, 0.05) is 49.4 Å². The maximum atomic E-state index is 12.9. The molecule has 0 spiro atoms. The molecule has 5 nitrogen and oxygen atoms in total. The second-order valence-corrected chi connectivity index (χ2v) is 8.32. The maximum Gasteiger partial charge on any atom is 0.253 e. The second-order valence-electron chi connectivity index (χ2n) is 8.32. The fourth-order valence-electron chi connectivity index (χ4n) is 3.50. The highest BCUT2D eigenvalue weighted by Gasteiger charge is 2.22. The first kappa shape index (κ1) is 20.3. The number of benzene rings is 1. The number of hydrogen-bond donors (Lipinski definition) is 0. The first-order valence-corrected chi connectivity index (χ1v) is 10.3. The Balaban J connectivity index is 1.77. The summed E-state index contributed by atoms with van der Waals surface area (Å²) >= 11 is 0. The van der Waals surface area contributed by atoms with Crippen LogP contribution in [0.5, 0.6) is 0 Å². The van der Waals surface area contributed by atoms with Gasteiger partial charge in [0.05, 0.1) is 0 Å². The Morgan fingerprint density at radius 2 is 1.75 bits per heavy atom. The summed E-state index contributed by atoms with van der Waals surface area (Å²) in [7, 11) is 0. The van der Waals surface area contributed by atoms with Gasteiger partial charge in [-0.25, -0.2) is 9.97 Å². The summed E-state index contributed by atoms with van der Waals surface area (Å²) in [4.78, 5) is 26.8. The maximum absolute atomic E-state index is 12.9. The van der Waals surface area contributed by atoms with Gasteiger partial charge >= 0.3 is 0 Å². The fourth-order valence-corrected chi connectivity index (χ4v) is 3.50. The Morgan fingerprint density at radius 3 is 2.43 bits per heavy atom. The van der Waals surface area contributed by atoms with E-state index in [0.717, 1.165) is 54.5 Å². The summed E-state index contributed by atoms with van der Waals surface area (Å²) < 4.78 is 0. The van der Waals surface area contributed by atoms with Crippen LogP contribution in [0.1, 0.15) is 73.4 Å². The van der Waals surface area contributed by atoms with Gasteiger partial charge in [-0.05, 0) is 31.4 Å². The van der Waals surface area contributed by atoms with Gasteiger partial charge in [-0.3, -0.25) is 4.79 Å². The van der Waals surface area contributed by atoms with E-state index in [0.29, 0.717) is 18.4 Å². The smallest absolute Gasteiger partial charge is 0.253 e. The molecule has 2 heterocycles. The number of carbonyl (C=O) groups is 1. The normalized spacial score (nSPS) is 15.2. The van der Waals surface area contributed by atoms with Crippen molar-refractivity contribution in [3.05, 3.63) is 53.0 Å². The van der Waals surface area contributed by atoms with Gasteiger partial charge in [0.2, 0.25) is 0 Å². The molecule has 2 aromatic rings. The minimum atomic E-state index is 0.124. The molecular formula is C23H32N4O. The minimum Gasteiger partial charge on any atom is -0.355 e. The van der Waals surface area contributed by atoms with Crippen molar-refractivity contribution in [1.29, 1.82) is 0 Å². The van der Waals surface area contributed by atoms with Crippen LogP contribution in [0.4, 0.5) is 5.82 Å². The summed E-state index contributed by atoms with van der Waals surface area (Å²) in [6.45, 7) is 13.8. The molecule has 150 valence electrons. The number of rotatable bonds is 4. The van der Waals surface area contributed by atoms with Gasteiger partial charge in [-0.2, -0.15) is 0 Å². The summed E-state index contributed by atoms with van der Waals surface area (Å²) in [5, 5.41) is 0. The molecule has 1 aliphatic heterocycles. The molecule has 1 amide bonds. The van der Waals surface area contributed by atoms with E-state index in [4.69, 9.17) is 9.97 Å². The van der Waals surface area contributed by atoms with Crippen LogP contribution in [0, 0.1) is 6.92 Å². The van der Waals surface area contributed by atoms with Crippen LogP contribution in [-0.2, 0) is 0 Å². The summed E-state index contributed by atoms with van der Waals surface area (Å²) in [5.41, 5.74) is 2.98. The van der Waals surface area contributed by atoms with Crippen molar-refractivity contribution in [1.82, 2.24) is 14.9 Å². The average molecular weight is 381 g/mol. The van der Waals surface area contributed by atoms with Crippen LogP contribution in [0.15, 0.2) is 30.3 Å². The van der Waals surface area contributed by atoms with Gasteiger partial charge < -0.3 is 9.80 Å². The van der Waals surface area contributed by atoms with E-state index in [1.165, 1.54) is 0 Å². The number of aryl methyl sites for hydroxylation is 1. The highest BCUT2D eigenvalue weighted by molar-refractivity contribution is 5.94. The van der Waals surface area contributed by atoms with E-state index in [9.17, 15) is 4.79 Å². The van der Waals surface area contributed by atoms with E-state index in [2.05, 4.69) is 38.7 Å². The zero-order valence-electron chi connectivity index (χ0n) is 17.8. The molecule has 0 aliphatic carbocycles. The number of aromatic nitrogens is 2. The Bertz CT molecular complexity index is 805. The van der Waals surface area contributed by atoms with Crippen molar-refractivity contribution < 1.29 is 4.79 Å². The zero-order valence-corrected chi connectivity index (χ0v) is 17.8. The predicted molar refractivity (Wildman–Crippen MR) is 114 cm³/mol. The number of anilines is 1. The highest BCUT2D eigenvalue weighted by atomic mass is 16.2. The topological polar surface area (TPSA) is 49.3 Å². The van der Waals surface area contributed by atoms with Crippen LogP contribution in [-0.4, -0.2) is 47.0 Å². The van der Waals surface area contributed by atoms with Crippen molar-refractivity contribution in [3.8, 4) is 0 Å². The Labute approximate surface area is 168 Å². The molecule has 1 saturated heterocycles. The third kappa shape index (κ3) is 4.70. The molecule has 1 fully saturated rings. The molecule has 5 heteroatoms. The SMILES string of the molecule is Cc1cccc(C(=O)N2CCCN(c3cc(C(C)C)nc(C(C)C)n3)CC2)c1. The summed E-state index contributed by atoms with van der Waals surface area (Å²) in [6.07, 6.45) is 0.940. The molecule has 28 heavy (non-hydrogen) atoms. The van der Waals surface area contributed by atoms with Crippen LogP contribution in [0.2, 0.25) is 0 Å². The van der Waals surface area contributed by atoms with Crippen molar-refractivity contribution in [2.24, 2.45) is 0 Å². The van der Waals surface area contributed by atoms with Crippen LogP contribution in [0.25, 0.3) is 0 Å². The molecule has 1 aromatic carbocycles. The monoisotopic (exact) mass is 380 g/mol. The molecule has 0 unspecified atom stereocenters. The molecule has 0 N–H and O–H groups in total. The summed E-state index contributed by atoms with van der Waals surface area (Å²) in [5.74, 6) is 2.68. The van der Waals surface area contributed by atoms with Gasteiger partial charge in [0.15, 0.2) is 0 Å². The lowest BCUT2D eigenvalue weighted by Crippen LogP contribution is -2.35. The largest absolute Gasteiger partial charge is 0.355 e. The number of amides is 1. The standard InChI is InChI=1S/C23H32N4O/c1-16(2)20-15-21(25-22(24-20)17(3)4)26-10-7-11-27(13-12-26)23(28)19-9-6-8-18(5)14-19/h6,8-9,14-17H,7,10-13H2,1-5H3. The lowest BCUT2D eigenvalue weighted by molar-refractivity contribution is 0.0767. The molecule has 0 saturated carbocycles. The van der Waals surface area contributed by atoms with E-state index in [1.54, 1.807) is 0 Å². The third-order valence-corrected chi connectivity index (χ3v) is 5.23. The van der Waals surface area contributed by atoms with Crippen LogP contribution in [0.3, 0.4) is 0 Å². The van der Waals surface area contributed by atoms with E-state index in [1.807, 2.05) is 36.1 Å². The fraction of sp³-hybridized carbons (Fsp3) is 0.522. The average Bonchev–Trinajstić information content (AvgIpc) is 2.93. The number of hydrogen-bond acceptors (Lipinski definition) is 4. The van der Waals surface area contributed by atoms with Gasteiger partial charge in [-0.15, -0.1) is 0 Å². The first-order chi connectivity index (χ1) is 13.3. The van der Waals surface area contributed by atoms with Gasteiger partial charge in [-0.1, -0.05) is 45.4 Å². The van der Waals surface area contributed by atoms with Crippen LogP contribution >= 0.6 is 0 Å². The quantitative estimate of drug-likeness (QED) is 0.790. The zero-order chi connectivity index (χ0) is 20.3. The molecular weight excluding hydrogens is 348 g/mol. The Hall–Kier alpha value is -2.43. The molecule has 0 bridgehead atoms. The predicted octanol–water partition coefficient (Wildman–Crippen LogP) is 4.38. The van der Waals surface area contributed by atoms with Gasteiger partial charge in [0.25, 0.3) is 5.91 Å². The Morgan fingerprint density at radius 1 is 0.964 bits per heavy atom. The lowest BCUT2D eigenvalue weighted by Gasteiger charge is -2.24. The molecule has 1 aliphatic rings. The number of nitrogens with zero attached hydrogens (tertiary/aromatic N) is 4. The second kappa shape index (κ2) is 8.72. The minimum absolute atomic E-state index is 0.124. The van der Waals surface area contributed by atoms with Crippen LogP contribution < -0.4 is 4.90 Å². The summed E-state index contributed by atoms with van der Waals surface area (Å²) in [6, 6.07) is 9.98. The van der Waals surface area contributed by atoms with E-state index < -0.39 is 0 Å². The Kier molecular flexibility index (Phi) is 6.32. The molecule has 1 aromatic heterocycles. The van der Waals surface area contributed by atoms with E-state index in [-0.39, 0.29) is 5.91 Å². The van der Waals surface area contributed by atoms with Crippen molar-refractivity contribution >= 4 is 11.7 Å². The van der Waals surface area contributed by atoms with Crippen molar-refractivity contribution in [2.45, 2.75) is 52.9 Å². The van der Waals surface area contributed by atoms with Crippen molar-refractivity contribution in [2.75, 3.05) is 31.1 Å².